The third kappa shape index (κ3) is 5.14. The Morgan fingerprint density at radius 1 is 1.44 bits per heavy atom. The van der Waals surface area contributed by atoms with Crippen molar-refractivity contribution in [2.75, 3.05) is 11.5 Å². The molecule has 1 aromatic carbocycles. The standard InChI is InChI=1S/C12H16BrIO3S/c1-2-18(16,17)7-3-4-12(15)10-8-9(14)5-6-11(10)13/h5-6,8,12,15H,2-4,7H2,1H3. The van der Waals surface area contributed by atoms with Crippen molar-refractivity contribution in [2.24, 2.45) is 0 Å². The fourth-order valence-electron chi connectivity index (χ4n) is 1.57. The summed E-state index contributed by atoms with van der Waals surface area (Å²) in [6.45, 7) is 1.64. The van der Waals surface area contributed by atoms with Crippen molar-refractivity contribution < 1.29 is 13.5 Å². The van der Waals surface area contributed by atoms with Crippen LogP contribution in [0.3, 0.4) is 0 Å². The van der Waals surface area contributed by atoms with Crippen molar-refractivity contribution in [1.82, 2.24) is 0 Å². The Kier molecular flexibility index (Phi) is 6.57. The Bertz CT molecular complexity index is 502. The molecule has 1 aromatic rings. The quantitative estimate of drug-likeness (QED) is 0.682. The molecule has 0 fully saturated rings. The van der Waals surface area contributed by atoms with E-state index >= 15 is 0 Å². The van der Waals surface area contributed by atoms with Crippen LogP contribution in [0.2, 0.25) is 0 Å². The Hall–Kier alpha value is 0.340. The van der Waals surface area contributed by atoms with Crippen LogP contribution < -0.4 is 0 Å². The molecule has 3 nitrogen and oxygen atoms in total. The molecule has 1 unspecified atom stereocenters. The van der Waals surface area contributed by atoms with Crippen LogP contribution in [0.25, 0.3) is 0 Å². The molecular formula is C12H16BrIO3S. The maximum Gasteiger partial charge on any atom is 0.150 e. The van der Waals surface area contributed by atoms with Gasteiger partial charge in [0, 0.05) is 13.8 Å². The molecule has 18 heavy (non-hydrogen) atoms. The maximum absolute atomic E-state index is 11.3. The summed E-state index contributed by atoms with van der Waals surface area (Å²) in [7, 11) is -2.94. The molecule has 102 valence electrons. The predicted octanol–water partition coefficient (Wildman–Crippen LogP) is 3.30. The first-order valence-corrected chi connectivity index (χ1v) is 9.38. The zero-order valence-corrected chi connectivity index (χ0v) is 14.6. The van der Waals surface area contributed by atoms with Gasteiger partial charge in [0.25, 0.3) is 0 Å². The minimum absolute atomic E-state index is 0.141. The van der Waals surface area contributed by atoms with E-state index < -0.39 is 15.9 Å². The lowest BCUT2D eigenvalue weighted by molar-refractivity contribution is 0.166. The molecule has 0 spiro atoms. The Morgan fingerprint density at radius 3 is 2.72 bits per heavy atom. The monoisotopic (exact) mass is 446 g/mol. The van der Waals surface area contributed by atoms with Crippen molar-refractivity contribution >= 4 is 48.4 Å². The van der Waals surface area contributed by atoms with Gasteiger partial charge < -0.3 is 5.11 Å². The molecule has 1 rings (SSSR count). The molecule has 1 atom stereocenters. The predicted molar refractivity (Wildman–Crippen MR) is 85.4 cm³/mol. The van der Waals surface area contributed by atoms with Crippen molar-refractivity contribution in [3.05, 3.63) is 31.8 Å². The second-order valence-corrected chi connectivity index (χ2v) is 8.63. The van der Waals surface area contributed by atoms with E-state index in [1.54, 1.807) is 6.92 Å². The lowest BCUT2D eigenvalue weighted by atomic mass is 10.1. The average molecular weight is 447 g/mol. The van der Waals surface area contributed by atoms with Gasteiger partial charge in [0.1, 0.15) is 9.84 Å². The molecule has 0 radical (unpaired) electrons. The van der Waals surface area contributed by atoms with Crippen LogP contribution in [-0.2, 0) is 9.84 Å². The van der Waals surface area contributed by atoms with Crippen LogP contribution in [0.1, 0.15) is 31.4 Å². The van der Waals surface area contributed by atoms with Gasteiger partial charge in [-0.05, 0) is 59.2 Å². The van der Waals surface area contributed by atoms with E-state index in [9.17, 15) is 13.5 Å². The topological polar surface area (TPSA) is 54.4 Å². The highest BCUT2D eigenvalue weighted by Crippen LogP contribution is 2.28. The fourth-order valence-corrected chi connectivity index (χ4v) is 3.49. The summed E-state index contributed by atoms with van der Waals surface area (Å²) in [5.74, 6) is 0.304. The maximum atomic E-state index is 11.3. The zero-order chi connectivity index (χ0) is 13.8. The average Bonchev–Trinajstić information content (AvgIpc) is 2.32. The van der Waals surface area contributed by atoms with E-state index in [4.69, 9.17) is 0 Å². The van der Waals surface area contributed by atoms with Crippen molar-refractivity contribution in [3.8, 4) is 0 Å². The van der Waals surface area contributed by atoms with Gasteiger partial charge in [0.2, 0.25) is 0 Å². The zero-order valence-electron chi connectivity index (χ0n) is 10.1. The van der Waals surface area contributed by atoms with E-state index in [1.165, 1.54) is 0 Å². The minimum atomic E-state index is -2.94. The summed E-state index contributed by atoms with van der Waals surface area (Å²) in [5.41, 5.74) is 0.816. The lowest BCUT2D eigenvalue weighted by Crippen LogP contribution is -2.10. The number of hydrogen-bond donors (Lipinski definition) is 1. The molecule has 0 saturated heterocycles. The van der Waals surface area contributed by atoms with Crippen LogP contribution in [0, 0.1) is 3.57 Å². The molecule has 0 amide bonds. The van der Waals surface area contributed by atoms with Crippen LogP contribution in [0.4, 0.5) is 0 Å². The molecule has 0 aliphatic carbocycles. The molecule has 1 N–H and O–H groups in total. The van der Waals surface area contributed by atoms with E-state index in [1.807, 2.05) is 18.2 Å². The van der Waals surface area contributed by atoms with Gasteiger partial charge in [-0.3, -0.25) is 0 Å². The van der Waals surface area contributed by atoms with Gasteiger partial charge in [-0.25, -0.2) is 8.42 Å². The first-order valence-electron chi connectivity index (χ1n) is 5.69. The van der Waals surface area contributed by atoms with Gasteiger partial charge in [-0.2, -0.15) is 0 Å². The van der Waals surface area contributed by atoms with Gasteiger partial charge in [0.15, 0.2) is 0 Å². The van der Waals surface area contributed by atoms with Crippen LogP contribution >= 0.6 is 38.5 Å². The third-order valence-corrected chi connectivity index (χ3v) is 5.87. The summed E-state index contributed by atoms with van der Waals surface area (Å²) >= 11 is 5.58. The smallest absolute Gasteiger partial charge is 0.150 e. The molecule has 0 bridgehead atoms. The highest BCUT2D eigenvalue weighted by Gasteiger charge is 2.14. The number of aliphatic hydroxyl groups is 1. The largest absolute Gasteiger partial charge is 0.388 e. The van der Waals surface area contributed by atoms with Gasteiger partial charge >= 0.3 is 0 Å². The number of sulfone groups is 1. The Morgan fingerprint density at radius 2 is 2.11 bits per heavy atom. The van der Waals surface area contributed by atoms with E-state index in [-0.39, 0.29) is 11.5 Å². The van der Waals surface area contributed by atoms with Gasteiger partial charge in [-0.15, -0.1) is 0 Å². The number of aliphatic hydroxyl groups excluding tert-OH is 1. The van der Waals surface area contributed by atoms with Crippen molar-refractivity contribution in [2.45, 2.75) is 25.9 Å². The molecule has 0 aliphatic heterocycles. The minimum Gasteiger partial charge on any atom is -0.388 e. The first kappa shape index (κ1) is 16.4. The third-order valence-electron chi connectivity index (χ3n) is 2.69. The SMILES string of the molecule is CCS(=O)(=O)CCCC(O)c1cc(I)ccc1Br. The van der Waals surface area contributed by atoms with Crippen LogP contribution in [0.15, 0.2) is 22.7 Å². The van der Waals surface area contributed by atoms with Gasteiger partial charge in [-0.1, -0.05) is 22.9 Å². The summed E-state index contributed by atoms with van der Waals surface area (Å²) in [6.07, 6.45) is 0.314. The second kappa shape index (κ2) is 7.21. The molecule has 0 saturated carbocycles. The van der Waals surface area contributed by atoms with Crippen molar-refractivity contribution in [3.63, 3.8) is 0 Å². The molecule has 6 heteroatoms. The van der Waals surface area contributed by atoms with E-state index in [2.05, 4.69) is 38.5 Å². The number of rotatable bonds is 6. The van der Waals surface area contributed by atoms with Crippen molar-refractivity contribution in [1.29, 1.82) is 0 Å². The van der Waals surface area contributed by atoms with Crippen LogP contribution in [0.5, 0.6) is 0 Å². The second-order valence-electron chi connectivity index (χ2n) is 4.06. The van der Waals surface area contributed by atoms with E-state index in [0.29, 0.717) is 12.8 Å². The highest BCUT2D eigenvalue weighted by atomic mass is 127. The Labute approximate surface area is 130 Å². The fraction of sp³-hybridized carbons (Fsp3) is 0.500. The summed E-state index contributed by atoms with van der Waals surface area (Å²) in [4.78, 5) is 0. The lowest BCUT2D eigenvalue weighted by Gasteiger charge is -2.13. The Balaban J connectivity index is 2.61. The molecular weight excluding hydrogens is 431 g/mol. The number of hydrogen-bond acceptors (Lipinski definition) is 3. The summed E-state index contributed by atoms with van der Waals surface area (Å²) < 4.78 is 24.6. The molecule has 0 aromatic heterocycles. The summed E-state index contributed by atoms with van der Waals surface area (Å²) in [6, 6.07) is 5.75. The summed E-state index contributed by atoms with van der Waals surface area (Å²) in [5, 5.41) is 10.1. The van der Waals surface area contributed by atoms with Crippen LogP contribution in [-0.4, -0.2) is 25.0 Å². The molecule has 0 heterocycles. The van der Waals surface area contributed by atoms with Gasteiger partial charge in [0.05, 0.1) is 11.9 Å². The van der Waals surface area contributed by atoms with E-state index in [0.717, 1.165) is 13.6 Å². The number of halogens is 2. The first-order chi connectivity index (χ1) is 8.35. The normalized spacial score (nSPS) is 13.6. The highest BCUT2D eigenvalue weighted by molar-refractivity contribution is 14.1. The molecule has 0 aliphatic rings. The number of benzene rings is 1.